The minimum atomic E-state index is -0.423. The monoisotopic (exact) mass is 356 g/mol. The van der Waals surface area contributed by atoms with Crippen molar-refractivity contribution in [1.29, 1.82) is 0 Å². The van der Waals surface area contributed by atoms with Crippen LogP contribution in [0.15, 0.2) is 30.3 Å². The summed E-state index contributed by atoms with van der Waals surface area (Å²) < 4.78 is 6.04. The van der Waals surface area contributed by atoms with Gasteiger partial charge in [-0.25, -0.2) is 0 Å². The molecule has 5 nitrogen and oxygen atoms in total. The van der Waals surface area contributed by atoms with E-state index in [-0.39, 0.29) is 18.4 Å². The first-order chi connectivity index (χ1) is 12.7. The standard InChI is InChI=1S/C21H28N2O3/c24-19(13-17-7-4-5-8-17)22-12-6-11-21(15-22)16-23(20(25)14-26-21)18-9-2-1-3-10-18/h1-3,9-10,17H,4-8,11-16H2. The average molecular weight is 356 g/mol. The van der Waals surface area contributed by atoms with Crippen molar-refractivity contribution in [2.45, 2.75) is 50.5 Å². The van der Waals surface area contributed by atoms with Crippen LogP contribution in [0, 0.1) is 5.92 Å². The van der Waals surface area contributed by atoms with Crippen molar-refractivity contribution in [1.82, 2.24) is 4.90 Å². The summed E-state index contributed by atoms with van der Waals surface area (Å²) in [6.07, 6.45) is 7.43. The SMILES string of the molecule is O=C(CC1CCCC1)N1CCCC2(C1)CN(c1ccccc1)C(=O)CO2. The van der Waals surface area contributed by atoms with Gasteiger partial charge in [-0.05, 0) is 43.7 Å². The fourth-order valence-corrected chi connectivity index (χ4v) is 4.71. The first-order valence-corrected chi connectivity index (χ1v) is 9.92. The zero-order valence-corrected chi connectivity index (χ0v) is 15.4. The van der Waals surface area contributed by atoms with E-state index >= 15 is 0 Å². The Morgan fingerprint density at radius 2 is 1.88 bits per heavy atom. The molecule has 3 fully saturated rings. The number of hydrogen-bond acceptors (Lipinski definition) is 3. The van der Waals surface area contributed by atoms with Crippen molar-refractivity contribution in [2.75, 3.05) is 31.1 Å². The van der Waals surface area contributed by atoms with Crippen molar-refractivity contribution in [3.8, 4) is 0 Å². The Bertz CT molecular complexity index is 656. The van der Waals surface area contributed by atoms with Crippen LogP contribution >= 0.6 is 0 Å². The number of morpholine rings is 1. The summed E-state index contributed by atoms with van der Waals surface area (Å²) in [5, 5.41) is 0. The molecule has 1 spiro atoms. The molecule has 0 N–H and O–H groups in total. The molecule has 1 aromatic carbocycles. The van der Waals surface area contributed by atoms with E-state index < -0.39 is 5.60 Å². The molecule has 0 radical (unpaired) electrons. The van der Waals surface area contributed by atoms with E-state index in [2.05, 4.69) is 0 Å². The molecular formula is C21H28N2O3. The van der Waals surface area contributed by atoms with Crippen molar-refractivity contribution in [3.05, 3.63) is 30.3 Å². The summed E-state index contributed by atoms with van der Waals surface area (Å²) in [6, 6.07) is 9.77. The van der Waals surface area contributed by atoms with Gasteiger partial charge in [-0.1, -0.05) is 31.0 Å². The van der Waals surface area contributed by atoms with Crippen LogP contribution in [0.3, 0.4) is 0 Å². The van der Waals surface area contributed by atoms with Crippen LogP contribution in [-0.4, -0.2) is 48.6 Å². The highest BCUT2D eigenvalue weighted by molar-refractivity contribution is 5.95. The van der Waals surface area contributed by atoms with Gasteiger partial charge in [-0.2, -0.15) is 0 Å². The van der Waals surface area contributed by atoms with Crippen LogP contribution in [0.4, 0.5) is 5.69 Å². The third kappa shape index (κ3) is 3.63. The van der Waals surface area contributed by atoms with Crippen molar-refractivity contribution in [2.24, 2.45) is 5.92 Å². The van der Waals surface area contributed by atoms with E-state index in [0.717, 1.165) is 25.1 Å². The van der Waals surface area contributed by atoms with Gasteiger partial charge in [-0.15, -0.1) is 0 Å². The molecule has 4 rings (SSSR count). The molecule has 26 heavy (non-hydrogen) atoms. The molecule has 5 heteroatoms. The van der Waals surface area contributed by atoms with Gasteiger partial charge in [0.25, 0.3) is 5.91 Å². The molecule has 1 aromatic rings. The quantitative estimate of drug-likeness (QED) is 0.837. The van der Waals surface area contributed by atoms with E-state index in [0.29, 0.717) is 25.4 Å². The van der Waals surface area contributed by atoms with Crippen LogP contribution in [0.1, 0.15) is 44.9 Å². The maximum Gasteiger partial charge on any atom is 0.253 e. The number of carbonyl (C=O) groups excluding carboxylic acids is 2. The number of likely N-dealkylation sites (tertiary alicyclic amines) is 1. The molecule has 2 saturated heterocycles. The maximum atomic E-state index is 12.8. The molecule has 1 unspecified atom stereocenters. The lowest BCUT2D eigenvalue weighted by molar-refractivity contribution is -0.153. The van der Waals surface area contributed by atoms with Crippen LogP contribution in [0.25, 0.3) is 0 Å². The second-order valence-corrected chi connectivity index (χ2v) is 8.06. The van der Waals surface area contributed by atoms with Crippen molar-refractivity contribution < 1.29 is 14.3 Å². The van der Waals surface area contributed by atoms with Gasteiger partial charge in [0.2, 0.25) is 5.91 Å². The summed E-state index contributed by atoms with van der Waals surface area (Å²) >= 11 is 0. The first kappa shape index (κ1) is 17.5. The number of nitrogens with zero attached hydrogens (tertiary/aromatic N) is 2. The predicted octanol–water partition coefficient (Wildman–Crippen LogP) is 2.99. The number of anilines is 1. The fourth-order valence-electron chi connectivity index (χ4n) is 4.71. The molecule has 2 heterocycles. The lowest BCUT2D eigenvalue weighted by Gasteiger charge is -2.47. The Morgan fingerprint density at radius 1 is 1.12 bits per heavy atom. The Hall–Kier alpha value is -1.88. The summed E-state index contributed by atoms with van der Waals surface area (Å²) in [5.74, 6) is 0.828. The van der Waals surface area contributed by atoms with Gasteiger partial charge in [-0.3, -0.25) is 9.59 Å². The Morgan fingerprint density at radius 3 is 2.65 bits per heavy atom. The normalized spacial score (nSPS) is 27.3. The zero-order chi connectivity index (χ0) is 18.0. The average Bonchev–Trinajstić information content (AvgIpc) is 3.18. The molecule has 140 valence electrons. The molecule has 0 aromatic heterocycles. The number of rotatable bonds is 3. The van der Waals surface area contributed by atoms with E-state index in [1.807, 2.05) is 40.1 Å². The summed E-state index contributed by atoms with van der Waals surface area (Å²) in [4.78, 5) is 29.0. The lowest BCUT2D eigenvalue weighted by Crippen LogP contribution is -2.62. The van der Waals surface area contributed by atoms with Gasteiger partial charge in [0.1, 0.15) is 12.2 Å². The Balaban J connectivity index is 1.45. The highest BCUT2D eigenvalue weighted by Gasteiger charge is 2.44. The predicted molar refractivity (Wildman–Crippen MR) is 99.9 cm³/mol. The number of hydrogen-bond donors (Lipinski definition) is 0. The summed E-state index contributed by atoms with van der Waals surface area (Å²) in [6.45, 7) is 2.05. The molecular weight excluding hydrogens is 328 g/mol. The Labute approximate surface area is 155 Å². The second kappa shape index (κ2) is 7.39. The van der Waals surface area contributed by atoms with Crippen molar-refractivity contribution in [3.63, 3.8) is 0 Å². The van der Waals surface area contributed by atoms with Crippen molar-refractivity contribution >= 4 is 17.5 Å². The number of ether oxygens (including phenoxy) is 1. The number of benzene rings is 1. The number of amides is 2. The third-order valence-corrected chi connectivity index (χ3v) is 6.15. The topological polar surface area (TPSA) is 49.9 Å². The molecule has 1 saturated carbocycles. The lowest BCUT2D eigenvalue weighted by atomic mass is 9.89. The third-order valence-electron chi connectivity index (χ3n) is 6.15. The van der Waals surface area contributed by atoms with Gasteiger partial charge in [0.15, 0.2) is 0 Å². The Kier molecular flexibility index (Phi) is 4.98. The molecule has 0 bridgehead atoms. The summed E-state index contributed by atoms with van der Waals surface area (Å²) in [7, 11) is 0. The van der Waals surface area contributed by atoms with Crippen LogP contribution in [0.5, 0.6) is 0 Å². The van der Waals surface area contributed by atoms with Crippen LogP contribution in [0.2, 0.25) is 0 Å². The summed E-state index contributed by atoms with van der Waals surface area (Å²) in [5.41, 5.74) is 0.488. The van der Waals surface area contributed by atoms with Gasteiger partial charge in [0.05, 0.1) is 13.1 Å². The number of para-hydroxylation sites is 1. The molecule has 2 amide bonds. The zero-order valence-electron chi connectivity index (χ0n) is 15.4. The maximum absolute atomic E-state index is 12.8. The number of piperidine rings is 1. The van der Waals surface area contributed by atoms with E-state index in [1.54, 1.807) is 0 Å². The molecule has 1 atom stereocenters. The van der Waals surface area contributed by atoms with Gasteiger partial charge in [0, 0.05) is 18.7 Å². The van der Waals surface area contributed by atoms with Gasteiger partial charge >= 0.3 is 0 Å². The molecule has 2 aliphatic heterocycles. The van der Waals surface area contributed by atoms with E-state index in [9.17, 15) is 9.59 Å². The second-order valence-electron chi connectivity index (χ2n) is 8.06. The van der Waals surface area contributed by atoms with Crippen LogP contribution in [-0.2, 0) is 14.3 Å². The minimum Gasteiger partial charge on any atom is -0.361 e. The fraction of sp³-hybridized carbons (Fsp3) is 0.619. The van der Waals surface area contributed by atoms with E-state index in [1.165, 1.54) is 25.7 Å². The molecule has 1 aliphatic carbocycles. The highest BCUT2D eigenvalue weighted by Crippen LogP contribution is 2.33. The first-order valence-electron chi connectivity index (χ1n) is 9.92. The molecule has 3 aliphatic rings. The van der Waals surface area contributed by atoms with E-state index in [4.69, 9.17) is 4.74 Å². The van der Waals surface area contributed by atoms with Gasteiger partial charge < -0.3 is 14.5 Å². The largest absolute Gasteiger partial charge is 0.361 e. The smallest absolute Gasteiger partial charge is 0.253 e. The minimum absolute atomic E-state index is 0.00349. The van der Waals surface area contributed by atoms with Crippen LogP contribution < -0.4 is 4.90 Å². The highest BCUT2D eigenvalue weighted by atomic mass is 16.5. The number of carbonyl (C=O) groups is 2.